The van der Waals surface area contributed by atoms with E-state index in [1.54, 1.807) is 0 Å². The standard InChI is InChI=1S/C16H19ClN2O2/c17-13-3-1-2-12(8-13)14-18-16(5-6-16)15(20)19(14)9-11-4-7-21-10-11/h1-3,8,11,14,18H,4-7,9-10H2. The van der Waals surface area contributed by atoms with E-state index in [4.69, 9.17) is 16.3 Å². The summed E-state index contributed by atoms with van der Waals surface area (Å²) in [6.45, 7) is 2.34. The predicted molar refractivity (Wildman–Crippen MR) is 79.9 cm³/mol. The van der Waals surface area contributed by atoms with Crippen LogP contribution >= 0.6 is 11.6 Å². The lowest BCUT2D eigenvalue weighted by molar-refractivity contribution is -0.131. The Morgan fingerprint density at radius 3 is 2.95 bits per heavy atom. The zero-order valence-electron chi connectivity index (χ0n) is 11.8. The molecule has 3 fully saturated rings. The van der Waals surface area contributed by atoms with Gasteiger partial charge in [-0.15, -0.1) is 0 Å². The van der Waals surface area contributed by atoms with E-state index in [2.05, 4.69) is 5.32 Å². The van der Waals surface area contributed by atoms with Crippen molar-refractivity contribution in [1.29, 1.82) is 0 Å². The van der Waals surface area contributed by atoms with Crippen molar-refractivity contribution >= 4 is 17.5 Å². The fourth-order valence-corrected chi connectivity index (χ4v) is 3.61. The molecule has 1 saturated carbocycles. The molecule has 3 aliphatic rings. The first-order valence-corrected chi connectivity index (χ1v) is 7.98. The van der Waals surface area contributed by atoms with Gasteiger partial charge in [-0.25, -0.2) is 0 Å². The Bertz CT molecular complexity index is 567. The minimum Gasteiger partial charge on any atom is -0.381 e. The number of nitrogens with one attached hydrogen (secondary N) is 1. The summed E-state index contributed by atoms with van der Waals surface area (Å²) in [7, 11) is 0. The first kappa shape index (κ1) is 13.6. The van der Waals surface area contributed by atoms with Gasteiger partial charge in [0, 0.05) is 24.1 Å². The fraction of sp³-hybridized carbons (Fsp3) is 0.562. The van der Waals surface area contributed by atoms with Crippen LogP contribution in [-0.4, -0.2) is 36.1 Å². The van der Waals surface area contributed by atoms with Gasteiger partial charge in [0.2, 0.25) is 5.91 Å². The van der Waals surface area contributed by atoms with Crippen molar-refractivity contribution in [2.24, 2.45) is 5.92 Å². The van der Waals surface area contributed by atoms with Crippen molar-refractivity contribution < 1.29 is 9.53 Å². The van der Waals surface area contributed by atoms with Crippen LogP contribution in [0.4, 0.5) is 0 Å². The van der Waals surface area contributed by atoms with E-state index in [0.717, 1.165) is 44.6 Å². The van der Waals surface area contributed by atoms with Crippen LogP contribution < -0.4 is 5.32 Å². The van der Waals surface area contributed by atoms with Crippen molar-refractivity contribution in [2.45, 2.75) is 31.0 Å². The number of amides is 1. The highest BCUT2D eigenvalue weighted by Gasteiger charge is 2.59. The molecule has 2 unspecified atom stereocenters. The van der Waals surface area contributed by atoms with Gasteiger partial charge in [0.05, 0.1) is 6.61 Å². The summed E-state index contributed by atoms with van der Waals surface area (Å²) >= 11 is 6.11. The number of nitrogens with zero attached hydrogens (tertiary/aromatic N) is 1. The van der Waals surface area contributed by atoms with Crippen molar-refractivity contribution in [3.63, 3.8) is 0 Å². The lowest BCUT2D eigenvalue weighted by Gasteiger charge is -2.27. The lowest BCUT2D eigenvalue weighted by Crippen LogP contribution is -2.36. The molecule has 1 aromatic rings. The molecule has 2 atom stereocenters. The molecular weight excluding hydrogens is 288 g/mol. The van der Waals surface area contributed by atoms with Crippen LogP contribution in [0.3, 0.4) is 0 Å². The Balaban J connectivity index is 1.61. The third kappa shape index (κ3) is 2.35. The molecule has 21 heavy (non-hydrogen) atoms. The molecule has 4 rings (SSSR count). The maximum absolute atomic E-state index is 12.7. The Hall–Kier alpha value is -1.10. The van der Waals surface area contributed by atoms with Gasteiger partial charge in [0.15, 0.2) is 0 Å². The van der Waals surface area contributed by atoms with Gasteiger partial charge in [-0.1, -0.05) is 23.7 Å². The minimum absolute atomic E-state index is 0.0562. The summed E-state index contributed by atoms with van der Waals surface area (Å²) in [5, 5.41) is 4.25. The number of benzene rings is 1. The van der Waals surface area contributed by atoms with Gasteiger partial charge < -0.3 is 9.64 Å². The molecule has 1 spiro atoms. The van der Waals surface area contributed by atoms with Crippen LogP contribution in [0.25, 0.3) is 0 Å². The lowest BCUT2D eigenvalue weighted by atomic mass is 10.1. The number of carbonyl (C=O) groups excluding carboxylic acids is 1. The normalized spacial score (nSPS) is 30.3. The zero-order chi connectivity index (χ0) is 14.4. The molecule has 4 nitrogen and oxygen atoms in total. The molecule has 0 aromatic heterocycles. The molecule has 2 aliphatic heterocycles. The van der Waals surface area contributed by atoms with E-state index in [0.29, 0.717) is 10.9 Å². The van der Waals surface area contributed by atoms with E-state index >= 15 is 0 Å². The van der Waals surface area contributed by atoms with Crippen molar-refractivity contribution in [2.75, 3.05) is 19.8 Å². The number of halogens is 1. The molecule has 2 heterocycles. The summed E-state index contributed by atoms with van der Waals surface area (Å²) < 4.78 is 5.45. The molecule has 1 aromatic carbocycles. The molecule has 2 saturated heterocycles. The maximum atomic E-state index is 12.7. The van der Waals surface area contributed by atoms with Gasteiger partial charge in [0.1, 0.15) is 11.7 Å². The van der Waals surface area contributed by atoms with E-state index in [1.165, 1.54) is 0 Å². The molecule has 1 amide bonds. The van der Waals surface area contributed by atoms with Crippen LogP contribution in [-0.2, 0) is 9.53 Å². The van der Waals surface area contributed by atoms with Crippen LogP contribution in [0.1, 0.15) is 31.0 Å². The van der Waals surface area contributed by atoms with E-state index in [-0.39, 0.29) is 17.6 Å². The SMILES string of the molecule is O=C1N(CC2CCOC2)C(c2cccc(Cl)c2)NC12CC2. The Morgan fingerprint density at radius 1 is 1.43 bits per heavy atom. The average Bonchev–Trinajstić information content (AvgIpc) is 2.98. The third-order valence-electron chi connectivity index (χ3n) is 4.79. The predicted octanol–water partition coefficient (Wildman–Crippen LogP) is 2.34. The van der Waals surface area contributed by atoms with E-state index < -0.39 is 0 Å². The smallest absolute Gasteiger partial charge is 0.244 e. The number of ether oxygens (including phenoxy) is 1. The van der Waals surface area contributed by atoms with Crippen molar-refractivity contribution in [3.05, 3.63) is 34.9 Å². The summed E-state index contributed by atoms with van der Waals surface area (Å²) in [5.74, 6) is 0.700. The molecule has 0 bridgehead atoms. The summed E-state index contributed by atoms with van der Waals surface area (Å²) in [6.07, 6.45) is 2.87. The molecule has 1 N–H and O–H groups in total. The average molecular weight is 307 g/mol. The molecule has 0 radical (unpaired) electrons. The fourth-order valence-electron chi connectivity index (χ4n) is 3.41. The van der Waals surface area contributed by atoms with Crippen LogP contribution in [0.15, 0.2) is 24.3 Å². The summed E-state index contributed by atoms with van der Waals surface area (Å²) in [6, 6.07) is 7.80. The summed E-state index contributed by atoms with van der Waals surface area (Å²) in [5.41, 5.74) is 0.769. The van der Waals surface area contributed by atoms with Crippen molar-refractivity contribution in [3.8, 4) is 0 Å². The topological polar surface area (TPSA) is 41.6 Å². The second-order valence-corrected chi connectivity index (χ2v) is 6.81. The quantitative estimate of drug-likeness (QED) is 0.932. The molecule has 5 heteroatoms. The van der Waals surface area contributed by atoms with Gasteiger partial charge in [-0.05, 0) is 37.0 Å². The summed E-state index contributed by atoms with van der Waals surface area (Å²) in [4.78, 5) is 14.7. The largest absolute Gasteiger partial charge is 0.381 e. The highest BCUT2D eigenvalue weighted by molar-refractivity contribution is 6.30. The van der Waals surface area contributed by atoms with E-state index in [1.807, 2.05) is 29.2 Å². The minimum atomic E-state index is -0.299. The highest BCUT2D eigenvalue weighted by Crippen LogP contribution is 2.46. The van der Waals surface area contributed by atoms with Crippen LogP contribution in [0.2, 0.25) is 5.02 Å². The number of hydrogen-bond donors (Lipinski definition) is 1. The number of hydrogen-bond acceptors (Lipinski definition) is 3. The molecule has 1 aliphatic carbocycles. The molecular formula is C16H19ClN2O2. The first-order valence-electron chi connectivity index (χ1n) is 7.60. The Labute approximate surface area is 129 Å². The Morgan fingerprint density at radius 2 is 2.29 bits per heavy atom. The van der Waals surface area contributed by atoms with Crippen molar-refractivity contribution in [1.82, 2.24) is 10.2 Å². The van der Waals surface area contributed by atoms with E-state index in [9.17, 15) is 4.79 Å². The van der Waals surface area contributed by atoms with Crippen LogP contribution in [0, 0.1) is 5.92 Å². The Kier molecular flexibility index (Phi) is 3.21. The van der Waals surface area contributed by atoms with Gasteiger partial charge in [0.25, 0.3) is 0 Å². The van der Waals surface area contributed by atoms with Gasteiger partial charge >= 0.3 is 0 Å². The number of carbonyl (C=O) groups is 1. The maximum Gasteiger partial charge on any atom is 0.244 e. The van der Waals surface area contributed by atoms with Gasteiger partial charge in [-0.2, -0.15) is 0 Å². The van der Waals surface area contributed by atoms with Gasteiger partial charge in [-0.3, -0.25) is 10.1 Å². The monoisotopic (exact) mass is 306 g/mol. The van der Waals surface area contributed by atoms with Crippen LogP contribution in [0.5, 0.6) is 0 Å². The third-order valence-corrected chi connectivity index (χ3v) is 5.02. The second kappa shape index (κ2) is 4.97. The number of rotatable bonds is 3. The molecule has 112 valence electrons. The first-order chi connectivity index (χ1) is 10.2. The second-order valence-electron chi connectivity index (χ2n) is 6.37. The zero-order valence-corrected chi connectivity index (χ0v) is 12.6. The highest BCUT2D eigenvalue weighted by atomic mass is 35.5.